The van der Waals surface area contributed by atoms with Gasteiger partial charge < -0.3 is 0 Å². The zero-order valence-electron chi connectivity index (χ0n) is 8.47. The van der Waals surface area contributed by atoms with Crippen molar-refractivity contribution in [2.24, 2.45) is 0 Å². The Morgan fingerprint density at radius 2 is 2.29 bits per heavy atom. The molecule has 1 atom stereocenters. The van der Waals surface area contributed by atoms with E-state index in [1.165, 1.54) is 6.07 Å². The van der Waals surface area contributed by atoms with Gasteiger partial charge in [-0.05, 0) is 19.9 Å². The Labute approximate surface area is 84.3 Å². The lowest BCUT2D eigenvalue weighted by Crippen LogP contribution is -2.24. The minimum Gasteiger partial charge on any atom is -0.300 e. The van der Waals surface area contributed by atoms with Crippen LogP contribution in [-0.4, -0.2) is 6.04 Å². The van der Waals surface area contributed by atoms with Crippen molar-refractivity contribution in [2.45, 2.75) is 26.4 Å². The molecule has 0 aliphatic heterocycles. The van der Waals surface area contributed by atoms with E-state index in [1.807, 2.05) is 19.9 Å². The molecule has 0 aliphatic carbocycles. The van der Waals surface area contributed by atoms with Gasteiger partial charge in [0.15, 0.2) is 0 Å². The molecule has 0 fully saturated rings. The van der Waals surface area contributed by atoms with Crippen LogP contribution in [0.2, 0.25) is 0 Å². The summed E-state index contributed by atoms with van der Waals surface area (Å²) in [5, 5.41) is 3.04. The van der Waals surface area contributed by atoms with Crippen LogP contribution in [0.15, 0.2) is 18.2 Å². The van der Waals surface area contributed by atoms with E-state index in [9.17, 15) is 4.39 Å². The van der Waals surface area contributed by atoms with Gasteiger partial charge in [0, 0.05) is 12.1 Å². The molecule has 0 bridgehead atoms. The van der Waals surface area contributed by atoms with Gasteiger partial charge >= 0.3 is 0 Å². The van der Waals surface area contributed by atoms with Gasteiger partial charge in [-0.3, -0.25) is 5.32 Å². The molecule has 1 N–H and O–H groups in total. The summed E-state index contributed by atoms with van der Waals surface area (Å²) in [6.07, 6.45) is 5.20. The maximum atomic E-state index is 13.2. The lowest BCUT2D eigenvalue weighted by atomic mass is 10.1. The molecule has 0 spiro atoms. The number of aryl methyl sites for hydroxylation is 1. The van der Waals surface area contributed by atoms with Gasteiger partial charge in [-0.25, -0.2) is 4.39 Å². The third-order valence-electron chi connectivity index (χ3n) is 2.05. The van der Waals surface area contributed by atoms with Gasteiger partial charge in [-0.2, -0.15) is 0 Å². The number of rotatable bonds is 3. The third kappa shape index (κ3) is 2.86. The molecule has 2 heteroatoms. The van der Waals surface area contributed by atoms with E-state index >= 15 is 0 Å². The van der Waals surface area contributed by atoms with Crippen LogP contribution in [-0.2, 0) is 6.54 Å². The van der Waals surface area contributed by atoms with Crippen molar-refractivity contribution in [3.05, 3.63) is 35.1 Å². The predicted molar refractivity (Wildman–Crippen MR) is 56.3 cm³/mol. The van der Waals surface area contributed by atoms with Crippen molar-refractivity contribution in [1.82, 2.24) is 5.32 Å². The SMILES string of the molecule is C#CC(C)NCc1cc(C)ccc1F. The Hall–Kier alpha value is -1.33. The maximum absolute atomic E-state index is 13.2. The molecular formula is C12H14FN. The first kappa shape index (κ1) is 10.7. The summed E-state index contributed by atoms with van der Waals surface area (Å²) in [4.78, 5) is 0. The molecule has 1 aromatic carbocycles. The van der Waals surface area contributed by atoms with Gasteiger partial charge in [0.05, 0.1) is 6.04 Å². The van der Waals surface area contributed by atoms with Gasteiger partial charge in [-0.1, -0.05) is 23.6 Å². The molecule has 14 heavy (non-hydrogen) atoms. The molecular weight excluding hydrogens is 177 g/mol. The molecule has 1 aromatic rings. The van der Waals surface area contributed by atoms with Crippen molar-refractivity contribution < 1.29 is 4.39 Å². The maximum Gasteiger partial charge on any atom is 0.127 e. The standard InChI is InChI=1S/C12H14FN/c1-4-10(3)14-8-11-7-9(2)5-6-12(11)13/h1,5-7,10,14H,8H2,2-3H3. The monoisotopic (exact) mass is 191 g/mol. The number of benzene rings is 1. The molecule has 1 rings (SSSR count). The summed E-state index contributed by atoms with van der Waals surface area (Å²) in [6, 6.07) is 5.02. The molecule has 0 saturated carbocycles. The number of hydrogen-bond donors (Lipinski definition) is 1. The zero-order chi connectivity index (χ0) is 10.6. The Morgan fingerprint density at radius 1 is 1.57 bits per heavy atom. The van der Waals surface area contributed by atoms with E-state index in [0.29, 0.717) is 12.1 Å². The summed E-state index contributed by atoms with van der Waals surface area (Å²) >= 11 is 0. The van der Waals surface area contributed by atoms with Crippen LogP contribution in [0, 0.1) is 25.1 Å². The minimum atomic E-state index is -0.188. The van der Waals surface area contributed by atoms with Gasteiger partial charge in [0.2, 0.25) is 0 Å². The summed E-state index contributed by atoms with van der Waals surface area (Å²) in [5.41, 5.74) is 1.71. The Bertz CT molecular complexity index is 352. The number of terminal acetylenes is 1. The summed E-state index contributed by atoms with van der Waals surface area (Å²) in [7, 11) is 0. The van der Waals surface area contributed by atoms with Crippen LogP contribution < -0.4 is 5.32 Å². The van der Waals surface area contributed by atoms with Gasteiger partial charge in [0.1, 0.15) is 5.82 Å². The van der Waals surface area contributed by atoms with Crippen LogP contribution in [0.25, 0.3) is 0 Å². The van der Waals surface area contributed by atoms with Crippen molar-refractivity contribution in [2.75, 3.05) is 0 Å². The number of halogens is 1. The normalized spacial score (nSPS) is 12.1. The predicted octanol–water partition coefficient (Wildman–Crippen LogP) is 2.25. The molecule has 74 valence electrons. The largest absolute Gasteiger partial charge is 0.300 e. The first-order chi connectivity index (χ1) is 6.63. The molecule has 1 unspecified atom stereocenters. The van der Waals surface area contributed by atoms with Crippen LogP contribution in [0.3, 0.4) is 0 Å². The smallest absolute Gasteiger partial charge is 0.127 e. The van der Waals surface area contributed by atoms with E-state index in [4.69, 9.17) is 6.42 Å². The van der Waals surface area contributed by atoms with Crippen molar-refractivity contribution in [3.63, 3.8) is 0 Å². The van der Waals surface area contributed by atoms with Crippen LogP contribution >= 0.6 is 0 Å². The lowest BCUT2D eigenvalue weighted by molar-refractivity contribution is 0.577. The number of hydrogen-bond acceptors (Lipinski definition) is 1. The fraction of sp³-hybridized carbons (Fsp3) is 0.333. The lowest BCUT2D eigenvalue weighted by Gasteiger charge is -2.08. The fourth-order valence-electron chi connectivity index (χ4n) is 1.16. The molecule has 1 nitrogen and oxygen atoms in total. The van der Waals surface area contributed by atoms with Crippen LogP contribution in [0.1, 0.15) is 18.1 Å². The summed E-state index contributed by atoms with van der Waals surface area (Å²) in [6.45, 7) is 4.28. The first-order valence-corrected chi connectivity index (χ1v) is 4.58. The summed E-state index contributed by atoms with van der Waals surface area (Å²) < 4.78 is 13.2. The highest BCUT2D eigenvalue weighted by molar-refractivity contribution is 5.24. The van der Waals surface area contributed by atoms with Crippen molar-refractivity contribution in [3.8, 4) is 12.3 Å². The first-order valence-electron chi connectivity index (χ1n) is 4.58. The van der Waals surface area contributed by atoms with Gasteiger partial charge in [-0.15, -0.1) is 6.42 Å². The van der Waals surface area contributed by atoms with E-state index in [1.54, 1.807) is 6.07 Å². The molecule has 0 aliphatic rings. The van der Waals surface area contributed by atoms with E-state index in [-0.39, 0.29) is 11.9 Å². The van der Waals surface area contributed by atoms with E-state index < -0.39 is 0 Å². The van der Waals surface area contributed by atoms with E-state index in [0.717, 1.165) is 5.56 Å². The Kier molecular flexibility index (Phi) is 3.67. The highest BCUT2D eigenvalue weighted by Gasteiger charge is 2.03. The number of nitrogens with one attached hydrogen (secondary N) is 1. The molecule has 0 heterocycles. The molecule has 0 radical (unpaired) electrons. The van der Waals surface area contributed by atoms with Gasteiger partial charge in [0.25, 0.3) is 0 Å². The highest BCUT2D eigenvalue weighted by atomic mass is 19.1. The molecule has 0 aromatic heterocycles. The second-order valence-corrected chi connectivity index (χ2v) is 3.36. The fourth-order valence-corrected chi connectivity index (χ4v) is 1.16. The molecule has 0 saturated heterocycles. The molecule has 0 amide bonds. The Morgan fingerprint density at radius 3 is 2.93 bits per heavy atom. The van der Waals surface area contributed by atoms with Crippen molar-refractivity contribution in [1.29, 1.82) is 0 Å². The average Bonchev–Trinajstić information content (AvgIpc) is 2.19. The zero-order valence-corrected chi connectivity index (χ0v) is 8.47. The summed E-state index contributed by atoms with van der Waals surface area (Å²) in [5.74, 6) is 2.35. The average molecular weight is 191 g/mol. The quantitative estimate of drug-likeness (QED) is 0.722. The van der Waals surface area contributed by atoms with Crippen LogP contribution in [0.5, 0.6) is 0 Å². The Balaban J connectivity index is 2.67. The second kappa shape index (κ2) is 4.78. The van der Waals surface area contributed by atoms with Crippen LogP contribution in [0.4, 0.5) is 4.39 Å². The second-order valence-electron chi connectivity index (χ2n) is 3.36. The van der Waals surface area contributed by atoms with E-state index in [2.05, 4.69) is 11.2 Å². The minimum absolute atomic E-state index is 0.0325. The highest BCUT2D eigenvalue weighted by Crippen LogP contribution is 2.09. The van der Waals surface area contributed by atoms with Crippen molar-refractivity contribution >= 4 is 0 Å². The third-order valence-corrected chi connectivity index (χ3v) is 2.05. The topological polar surface area (TPSA) is 12.0 Å².